The van der Waals surface area contributed by atoms with Crippen molar-refractivity contribution >= 4 is 22.7 Å². The molecule has 1 aliphatic heterocycles. The highest BCUT2D eigenvalue weighted by Gasteiger charge is 2.20. The van der Waals surface area contributed by atoms with Gasteiger partial charge in [-0.15, -0.1) is 0 Å². The molecular weight excluding hydrogens is 242 g/mol. The maximum absolute atomic E-state index is 5.85. The van der Waals surface area contributed by atoms with Crippen molar-refractivity contribution in [2.75, 3.05) is 30.8 Å². The highest BCUT2D eigenvalue weighted by molar-refractivity contribution is 5.84. The summed E-state index contributed by atoms with van der Waals surface area (Å²) in [5.41, 5.74) is 7.30. The van der Waals surface area contributed by atoms with E-state index in [1.807, 2.05) is 12.1 Å². The van der Waals surface area contributed by atoms with Crippen LogP contribution >= 0.6 is 0 Å². The molecule has 3 heterocycles. The Hall–Kier alpha value is -1.95. The number of aromatic nitrogens is 3. The number of piperidine rings is 1. The molecular formula is C13H17N5O. The fraction of sp³-hybridized carbons (Fsp3) is 0.462. The Morgan fingerprint density at radius 2 is 2.05 bits per heavy atom. The highest BCUT2D eigenvalue weighted by Crippen LogP contribution is 2.23. The van der Waals surface area contributed by atoms with Gasteiger partial charge in [0.2, 0.25) is 0 Å². The van der Waals surface area contributed by atoms with E-state index in [0.717, 1.165) is 37.3 Å². The van der Waals surface area contributed by atoms with E-state index in [9.17, 15) is 0 Å². The van der Waals surface area contributed by atoms with Crippen LogP contribution in [0.25, 0.3) is 11.0 Å². The summed E-state index contributed by atoms with van der Waals surface area (Å²) in [5, 5.41) is 0. The summed E-state index contributed by atoms with van der Waals surface area (Å²) in [6.07, 6.45) is 3.88. The van der Waals surface area contributed by atoms with E-state index in [1.165, 1.54) is 6.33 Å². The summed E-state index contributed by atoms with van der Waals surface area (Å²) in [5.74, 6) is 1.36. The third kappa shape index (κ3) is 2.31. The van der Waals surface area contributed by atoms with Gasteiger partial charge >= 0.3 is 0 Å². The maximum atomic E-state index is 5.85. The van der Waals surface area contributed by atoms with Crippen molar-refractivity contribution in [2.45, 2.75) is 18.9 Å². The largest absolute Gasteiger partial charge is 0.382 e. The molecule has 0 saturated carbocycles. The number of nitrogen functional groups attached to an aromatic ring is 1. The van der Waals surface area contributed by atoms with Crippen molar-refractivity contribution in [1.29, 1.82) is 0 Å². The number of ether oxygens (including phenoxy) is 1. The molecule has 0 atom stereocenters. The van der Waals surface area contributed by atoms with Crippen LogP contribution < -0.4 is 10.6 Å². The van der Waals surface area contributed by atoms with Crippen molar-refractivity contribution in [3.63, 3.8) is 0 Å². The van der Waals surface area contributed by atoms with Crippen molar-refractivity contribution < 1.29 is 4.74 Å². The lowest BCUT2D eigenvalue weighted by atomic mass is 10.1. The van der Waals surface area contributed by atoms with Gasteiger partial charge < -0.3 is 15.4 Å². The molecule has 0 radical (unpaired) electrons. The van der Waals surface area contributed by atoms with Crippen molar-refractivity contribution in [3.05, 3.63) is 18.5 Å². The number of rotatable bonds is 2. The molecule has 6 heteroatoms. The van der Waals surface area contributed by atoms with Crippen LogP contribution in [0.15, 0.2) is 18.5 Å². The third-order valence-electron chi connectivity index (χ3n) is 3.59. The highest BCUT2D eigenvalue weighted by atomic mass is 16.5. The minimum atomic E-state index is 0.366. The smallest absolute Gasteiger partial charge is 0.153 e. The average molecular weight is 259 g/mol. The van der Waals surface area contributed by atoms with E-state index < -0.39 is 0 Å². The lowest BCUT2D eigenvalue weighted by Crippen LogP contribution is -2.37. The summed E-state index contributed by atoms with van der Waals surface area (Å²) < 4.78 is 5.38. The number of hydrogen-bond donors (Lipinski definition) is 1. The van der Waals surface area contributed by atoms with Crippen LogP contribution in [0, 0.1) is 0 Å². The van der Waals surface area contributed by atoms with E-state index in [0.29, 0.717) is 17.4 Å². The Bertz CT molecular complexity index is 580. The lowest BCUT2D eigenvalue weighted by Gasteiger charge is -2.32. The monoisotopic (exact) mass is 259 g/mol. The van der Waals surface area contributed by atoms with Gasteiger partial charge in [-0.1, -0.05) is 0 Å². The Morgan fingerprint density at radius 1 is 1.26 bits per heavy atom. The minimum absolute atomic E-state index is 0.366. The van der Waals surface area contributed by atoms with Crippen LogP contribution in [0.5, 0.6) is 0 Å². The Kier molecular flexibility index (Phi) is 3.16. The second kappa shape index (κ2) is 4.97. The SMILES string of the molecule is COC1CCN(c2ccc3ncnc(N)c3n2)CC1. The Morgan fingerprint density at radius 3 is 2.79 bits per heavy atom. The number of pyridine rings is 1. The topological polar surface area (TPSA) is 77.2 Å². The van der Waals surface area contributed by atoms with Crippen LogP contribution in [-0.2, 0) is 4.74 Å². The minimum Gasteiger partial charge on any atom is -0.382 e. The fourth-order valence-electron chi connectivity index (χ4n) is 2.45. The quantitative estimate of drug-likeness (QED) is 0.873. The van der Waals surface area contributed by atoms with Gasteiger partial charge in [0.15, 0.2) is 5.82 Å². The van der Waals surface area contributed by atoms with E-state index in [2.05, 4.69) is 19.9 Å². The number of anilines is 2. The van der Waals surface area contributed by atoms with E-state index in [-0.39, 0.29) is 0 Å². The standard InChI is InChI=1S/C13H17N5O/c1-19-9-4-6-18(7-5-9)11-3-2-10-12(17-11)13(14)16-8-15-10/h2-3,8-9H,4-7H2,1H3,(H2,14,15,16). The molecule has 0 amide bonds. The van der Waals surface area contributed by atoms with Gasteiger partial charge in [-0.05, 0) is 25.0 Å². The van der Waals surface area contributed by atoms with Crippen LogP contribution in [0.3, 0.4) is 0 Å². The molecule has 1 fully saturated rings. The summed E-state index contributed by atoms with van der Waals surface area (Å²) in [6.45, 7) is 1.90. The zero-order chi connectivity index (χ0) is 13.2. The molecule has 1 saturated heterocycles. The van der Waals surface area contributed by atoms with Gasteiger partial charge in [-0.2, -0.15) is 0 Å². The molecule has 19 heavy (non-hydrogen) atoms. The number of methoxy groups -OCH3 is 1. The molecule has 6 nitrogen and oxygen atoms in total. The summed E-state index contributed by atoms with van der Waals surface area (Å²) in [7, 11) is 1.77. The van der Waals surface area contributed by atoms with Crippen molar-refractivity contribution in [3.8, 4) is 0 Å². The second-order valence-electron chi connectivity index (χ2n) is 4.72. The molecule has 2 N–H and O–H groups in total. The molecule has 0 aromatic carbocycles. The van der Waals surface area contributed by atoms with Crippen molar-refractivity contribution in [2.24, 2.45) is 0 Å². The van der Waals surface area contributed by atoms with Gasteiger partial charge in [-0.3, -0.25) is 0 Å². The van der Waals surface area contributed by atoms with E-state index >= 15 is 0 Å². The van der Waals surface area contributed by atoms with Gasteiger partial charge in [0, 0.05) is 20.2 Å². The van der Waals surface area contributed by atoms with Gasteiger partial charge in [0.05, 0.1) is 11.6 Å². The first-order valence-corrected chi connectivity index (χ1v) is 6.43. The Labute approximate surface area is 111 Å². The molecule has 1 aliphatic rings. The number of nitrogens with zero attached hydrogens (tertiary/aromatic N) is 4. The maximum Gasteiger partial charge on any atom is 0.153 e. The van der Waals surface area contributed by atoms with Crippen molar-refractivity contribution in [1.82, 2.24) is 15.0 Å². The van der Waals surface area contributed by atoms with Crippen LogP contribution in [0.2, 0.25) is 0 Å². The molecule has 2 aromatic rings. The molecule has 2 aromatic heterocycles. The summed E-state index contributed by atoms with van der Waals surface area (Å²) in [4.78, 5) is 15.0. The first-order valence-electron chi connectivity index (χ1n) is 6.43. The number of hydrogen-bond acceptors (Lipinski definition) is 6. The van der Waals surface area contributed by atoms with E-state index in [1.54, 1.807) is 7.11 Å². The first kappa shape index (κ1) is 12.1. The van der Waals surface area contributed by atoms with Gasteiger partial charge in [-0.25, -0.2) is 15.0 Å². The summed E-state index contributed by atoms with van der Waals surface area (Å²) in [6, 6.07) is 3.93. The third-order valence-corrected chi connectivity index (χ3v) is 3.59. The van der Waals surface area contributed by atoms with E-state index in [4.69, 9.17) is 10.5 Å². The van der Waals surface area contributed by atoms with Crippen LogP contribution in [0.4, 0.5) is 11.6 Å². The first-order chi connectivity index (χ1) is 9.28. The zero-order valence-electron chi connectivity index (χ0n) is 10.9. The molecule has 100 valence electrons. The van der Waals surface area contributed by atoms with Crippen LogP contribution in [0.1, 0.15) is 12.8 Å². The lowest BCUT2D eigenvalue weighted by molar-refractivity contribution is 0.0818. The number of nitrogens with two attached hydrogens (primary N) is 1. The predicted octanol–water partition coefficient (Wildman–Crippen LogP) is 1.22. The second-order valence-corrected chi connectivity index (χ2v) is 4.72. The molecule has 0 bridgehead atoms. The Balaban J connectivity index is 1.87. The number of fused-ring (bicyclic) bond motifs is 1. The molecule has 0 aliphatic carbocycles. The summed E-state index contributed by atoms with van der Waals surface area (Å²) >= 11 is 0. The zero-order valence-corrected chi connectivity index (χ0v) is 10.9. The molecule has 0 spiro atoms. The molecule has 3 rings (SSSR count). The average Bonchev–Trinajstić information content (AvgIpc) is 2.47. The van der Waals surface area contributed by atoms with Crippen LogP contribution in [-0.4, -0.2) is 41.3 Å². The van der Waals surface area contributed by atoms with Gasteiger partial charge in [0.1, 0.15) is 17.7 Å². The fourth-order valence-corrected chi connectivity index (χ4v) is 2.45. The molecule has 0 unspecified atom stereocenters. The predicted molar refractivity (Wildman–Crippen MR) is 74.0 cm³/mol. The normalized spacial score (nSPS) is 17.0. The van der Waals surface area contributed by atoms with Gasteiger partial charge in [0.25, 0.3) is 0 Å².